The first-order valence-corrected chi connectivity index (χ1v) is 6.68. The van der Waals surface area contributed by atoms with Gasteiger partial charge in [0.25, 0.3) is 0 Å². The number of rotatable bonds is 1. The van der Waals surface area contributed by atoms with E-state index < -0.39 is 0 Å². The van der Waals surface area contributed by atoms with Crippen molar-refractivity contribution in [1.82, 2.24) is 14.9 Å². The van der Waals surface area contributed by atoms with Crippen molar-refractivity contribution in [2.24, 2.45) is 0 Å². The van der Waals surface area contributed by atoms with Crippen LogP contribution in [0.2, 0.25) is 0 Å². The molecule has 2 aliphatic heterocycles. The summed E-state index contributed by atoms with van der Waals surface area (Å²) in [4.78, 5) is 13.7. The number of hydrogen-bond acceptors (Lipinski definition) is 5. The van der Waals surface area contributed by atoms with Crippen molar-refractivity contribution < 1.29 is 4.74 Å². The normalized spacial score (nSPS) is 21.5. The van der Waals surface area contributed by atoms with Gasteiger partial charge >= 0.3 is 0 Å². The zero-order chi connectivity index (χ0) is 12.4. The highest BCUT2D eigenvalue weighted by atomic mass is 16.5. The van der Waals surface area contributed by atoms with Crippen LogP contribution in [0.4, 0.5) is 5.82 Å². The molecule has 1 fully saturated rings. The number of ether oxygens (including phenoxy) is 1. The molecule has 0 bridgehead atoms. The highest BCUT2D eigenvalue weighted by Crippen LogP contribution is 2.25. The first-order chi connectivity index (χ1) is 8.84. The van der Waals surface area contributed by atoms with E-state index in [4.69, 9.17) is 4.74 Å². The Hall–Kier alpha value is -1.20. The molecule has 0 aromatic carbocycles. The number of aromatic nitrogens is 2. The molecule has 5 nitrogen and oxygen atoms in total. The van der Waals surface area contributed by atoms with E-state index in [2.05, 4.69) is 26.8 Å². The van der Waals surface area contributed by atoms with Gasteiger partial charge in [-0.1, -0.05) is 0 Å². The molecular weight excluding hydrogens is 228 g/mol. The lowest BCUT2D eigenvalue weighted by Gasteiger charge is -2.29. The Labute approximate surface area is 108 Å². The van der Waals surface area contributed by atoms with Crippen molar-refractivity contribution in [1.29, 1.82) is 0 Å². The minimum atomic E-state index is 0.800. The lowest BCUT2D eigenvalue weighted by atomic mass is 10.1. The second-order valence-corrected chi connectivity index (χ2v) is 5.06. The summed E-state index contributed by atoms with van der Waals surface area (Å²) in [7, 11) is 2.16. The summed E-state index contributed by atoms with van der Waals surface area (Å²) >= 11 is 0. The Bertz CT molecular complexity index is 415. The first kappa shape index (κ1) is 11.9. The molecule has 3 heterocycles. The topological polar surface area (TPSA) is 41.5 Å². The van der Waals surface area contributed by atoms with Crippen LogP contribution in [0.5, 0.6) is 0 Å². The molecule has 1 saturated heterocycles. The van der Waals surface area contributed by atoms with E-state index in [1.807, 2.05) is 0 Å². The molecule has 1 aromatic heterocycles. The number of anilines is 1. The first-order valence-electron chi connectivity index (χ1n) is 6.68. The zero-order valence-electron chi connectivity index (χ0n) is 10.9. The Kier molecular flexibility index (Phi) is 3.43. The highest BCUT2D eigenvalue weighted by Gasteiger charge is 2.22. The van der Waals surface area contributed by atoms with Crippen molar-refractivity contribution in [2.45, 2.75) is 19.4 Å². The van der Waals surface area contributed by atoms with Crippen molar-refractivity contribution in [3.63, 3.8) is 0 Å². The third-order valence-electron chi connectivity index (χ3n) is 3.69. The van der Waals surface area contributed by atoms with Crippen LogP contribution in [-0.2, 0) is 17.7 Å². The van der Waals surface area contributed by atoms with Gasteiger partial charge in [0.2, 0.25) is 0 Å². The van der Waals surface area contributed by atoms with Gasteiger partial charge in [-0.2, -0.15) is 0 Å². The number of likely N-dealkylation sites (N-methyl/N-ethyl adjacent to an activating group) is 1. The SMILES string of the molecule is CN1CCc2ncnc(N3CCCOCC3)c2C1. The molecule has 0 N–H and O–H groups in total. The molecule has 98 valence electrons. The lowest BCUT2D eigenvalue weighted by molar-refractivity contribution is 0.152. The maximum atomic E-state index is 5.52. The third-order valence-corrected chi connectivity index (χ3v) is 3.69. The van der Waals surface area contributed by atoms with Gasteiger partial charge in [0.1, 0.15) is 12.1 Å². The molecule has 0 radical (unpaired) electrons. The Morgan fingerprint density at radius 2 is 2.11 bits per heavy atom. The minimum absolute atomic E-state index is 0.800. The van der Waals surface area contributed by atoms with Crippen LogP contribution in [-0.4, -0.2) is 54.8 Å². The van der Waals surface area contributed by atoms with E-state index in [0.29, 0.717) is 0 Å². The van der Waals surface area contributed by atoms with E-state index >= 15 is 0 Å². The van der Waals surface area contributed by atoms with Crippen molar-refractivity contribution >= 4 is 5.82 Å². The Morgan fingerprint density at radius 1 is 1.17 bits per heavy atom. The average Bonchev–Trinajstić information content (AvgIpc) is 2.67. The van der Waals surface area contributed by atoms with Gasteiger partial charge in [0, 0.05) is 44.8 Å². The maximum absolute atomic E-state index is 5.52. The number of hydrogen-bond donors (Lipinski definition) is 0. The van der Waals surface area contributed by atoms with Crippen LogP contribution < -0.4 is 4.90 Å². The molecule has 0 atom stereocenters. The predicted molar refractivity (Wildman–Crippen MR) is 69.7 cm³/mol. The predicted octanol–water partition coefficient (Wildman–Crippen LogP) is 0.691. The highest BCUT2D eigenvalue weighted by molar-refractivity contribution is 5.49. The molecule has 2 aliphatic rings. The summed E-state index contributed by atoms with van der Waals surface area (Å²) in [5.74, 6) is 1.12. The van der Waals surface area contributed by atoms with Crippen molar-refractivity contribution in [3.8, 4) is 0 Å². The molecule has 0 unspecified atom stereocenters. The van der Waals surface area contributed by atoms with Gasteiger partial charge in [-0.15, -0.1) is 0 Å². The van der Waals surface area contributed by atoms with Crippen LogP contribution >= 0.6 is 0 Å². The van der Waals surface area contributed by atoms with Gasteiger partial charge in [-0.3, -0.25) is 0 Å². The summed E-state index contributed by atoms with van der Waals surface area (Å²) in [6.07, 6.45) is 3.82. The fraction of sp³-hybridized carbons (Fsp3) is 0.692. The molecule has 0 saturated carbocycles. The van der Waals surface area contributed by atoms with Crippen LogP contribution in [0, 0.1) is 0 Å². The largest absolute Gasteiger partial charge is 0.380 e. The molecular formula is C13H20N4O. The number of fused-ring (bicyclic) bond motifs is 1. The molecule has 1 aromatic rings. The summed E-state index contributed by atoms with van der Waals surface area (Å²) in [5.41, 5.74) is 2.54. The second-order valence-electron chi connectivity index (χ2n) is 5.06. The smallest absolute Gasteiger partial charge is 0.136 e. The van der Waals surface area contributed by atoms with E-state index in [1.54, 1.807) is 6.33 Å². The van der Waals surface area contributed by atoms with Crippen LogP contribution in [0.15, 0.2) is 6.33 Å². The summed E-state index contributed by atoms with van der Waals surface area (Å²) < 4.78 is 5.52. The summed E-state index contributed by atoms with van der Waals surface area (Å²) in [6.45, 7) is 5.69. The molecule has 5 heteroatoms. The van der Waals surface area contributed by atoms with E-state index in [-0.39, 0.29) is 0 Å². The van der Waals surface area contributed by atoms with Crippen LogP contribution in [0.1, 0.15) is 17.7 Å². The number of nitrogens with zero attached hydrogens (tertiary/aromatic N) is 4. The fourth-order valence-corrected chi connectivity index (χ4v) is 2.69. The van der Waals surface area contributed by atoms with Gasteiger partial charge in [-0.05, 0) is 13.5 Å². The third kappa shape index (κ3) is 2.33. The lowest BCUT2D eigenvalue weighted by Crippen LogP contribution is -2.33. The zero-order valence-corrected chi connectivity index (χ0v) is 10.9. The van der Waals surface area contributed by atoms with E-state index in [9.17, 15) is 0 Å². The Balaban J connectivity index is 1.91. The summed E-state index contributed by atoms with van der Waals surface area (Å²) in [6, 6.07) is 0. The van der Waals surface area contributed by atoms with Gasteiger partial charge in [-0.25, -0.2) is 9.97 Å². The van der Waals surface area contributed by atoms with Gasteiger partial charge in [0.15, 0.2) is 0 Å². The van der Waals surface area contributed by atoms with Crippen molar-refractivity contribution in [2.75, 3.05) is 44.8 Å². The second kappa shape index (κ2) is 5.20. The summed E-state index contributed by atoms with van der Waals surface area (Å²) in [5, 5.41) is 0. The minimum Gasteiger partial charge on any atom is -0.380 e. The van der Waals surface area contributed by atoms with Crippen LogP contribution in [0.3, 0.4) is 0 Å². The maximum Gasteiger partial charge on any atom is 0.136 e. The molecule has 18 heavy (non-hydrogen) atoms. The van der Waals surface area contributed by atoms with Crippen LogP contribution in [0.25, 0.3) is 0 Å². The monoisotopic (exact) mass is 248 g/mol. The Morgan fingerprint density at radius 3 is 3.06 bits per heavy atom. The van der Waals surface area contributed by atoms with Crippen molar-refractivity contribution in [3.05, 3.63) is 17.6 Å². The van der Waals surface area contributed by atoms with Gasteiger partial charge in [0.05, 0.1) is 12.3 Å². The van der Waals surface area contributed by atoms with E-state index in [0.717, 1.165) is 58.1 Å². The van der Waals surface area contributed by atoms with E-state index in [1.165, 1.54) is 11.3 Å². The molecule has 0 aliphatic carbocycles. The quantitative estimate of drug-likeness (QED) is 0.731. The average molecular weight is 248 g/mol. The molecule has 0 spiro atoms. The molecule has 0 amide bonds. The van der Waals surface area contributed by atoms with Gasteiger partial charge < -0.3 is 14.5 Å². The fourth-order valence-electron chi connectivity index (χ4n) is 2.69. The standard InChI is InChI=1S/C13H20N4O/c1-16-5-3-12-11(9-16)13(15-10-14-12)17-4-2-7-18-8-6-17/h10H,2-9H2,1H3. The molecule has 3 rings (SSSR count).